The first-order valence-corrected chi connectivity index (χ1v) is 3.98. The van der Waals surface area contributed by atoms with Crippen molar-refractivity contribution in [3.63, 3.8) is 0 Å². The van der Waals surface area contributed by atoms with E-state index in [0.29, 0.717) is 6.42 Å². The Morgan fingerprint density at radius 2 is 2.20 bits per heavy atom. The average molecular weight is 256 g/mol. The van der Waals surface area contributed by atoms with E-state index >= 15 is 0 Å². The number of rotatable bonds is 3. The minimum Gasteiger partial charge on any atom is -0.480 e. The molecule has 0 spiro atoms. The zero-order valence-electron chi connectivity index (χ0n) is 8.51. The van der Waals surface area contributed by atoms with E-state index in [4.69, 9.17) is 10.8 Å². The van der Waals surface area contributed by atoms with Crippen LogP contribution < -0.4 is 5.73 Å². The Labute approximate surface area is 100 Å². The number of aryl methyl sites for hydroxylation is 1. The molecule has 1 aromatic rings. The molecule has 5 nitrogen and oxygen atoms in total. The summed E-state index contributed by atoms with van der Waals surface area (Å²) < 4.78 is 1.70. The summed E-state index contributed by atoms with van der Waals surface area (Å²) in [4.78, 5) is 10.5. The molecule has 7 heteroatoms. The molecule has 1 heterocycles. The van der Waals surface area contributed by atoms with Crippen LogP contribution in [0, 0.1) is 6.92 Å². The lowest BCUT2D eigenvalue weighted by Gasteiger charge is -2.04. The molecular formula is C8H15Cl2N3O2. The highest BCUT2D eigenvalue weighted by molar-refractivity contribution is 5.85. The molecule has 0 saturated carbocycles. The molecule has 1 atom stereocenters. The molecular weight excluding hydrogens is 241 g/mol. The highest BCUT2D eigenvalue weighted by Gasteiger charge is 2.14. The second-order valence-electron chi connectivity index (χ2n) is 3.03. The second kappa shape index (κ2) is 6.66. The van der Waals surface area contributed by atoms with Crippen LogP contribution in [0.1, 0.15) is 11.3 Å². The number of aromatic nitrogens is 2. The number of carbonyl (C=O) groups is 1. The lowest BCUT2D eigenvalue weighted by molar-refractivity contribution is -0.138. The van der Waals surface area contributed by atoms with E-state index in [1.54, 1.807) is 10.9 Å². The molecule has 0 radical (unpaired) electrons. The molecule has 0 aliphatic rings. The van der Waals surface area contributed by atoms with Gasteiger partial charge >= 0.3 is 5.97 Å². The average Bonchev–Trinajstić information content (AvgIpc) is 2.36. The van der Waals surface area contributed by atoms with Crippen LogP contribution in [-0.2, 0) is 18.3 Å². The number of carboxylic acids is 1. The Hall–Kier alpha value is -0.780. The van der Waals surface area contributed by atoms with Crippen LogP contribution in [0.4, 0.5) is 0 Å². The van der Waals surface area contributed by atoms with Crippen molar-refractivity contribution in [1.82, 2.24) is 9.78 Å². The standard InChI is InChI=1S/C8H13N3O2.2ClH/c1-5-6(4-10-11(5)2)3-7(9)8(12)13;;/h4,7H,3,9H2,1-2H3,(H,12,13);2*1H. The Bertz CT molecular complexity index is 328. The fourth-order valence-corrected chi connectivity index (χ4v) is 1.07. The maximum absolute atomic E-state index is 10.5. The van der Waals surface area contributed by atoms with Crippen LogP contribution in [0.3, 0.4) is 0 Å². The summed E-state index contributed by atoms with van der Waals surface area (Å²) in [6.07, 6.45) is 1.98. The van der Waals surface area contributed by atoms with E-state index in [0.717, 1.165) is 11.3 Å². The van der Waals surface area contributed by atoms with Crippen molar-refractivity contribution < 1.29 is 9.90 Å². The number of aliphatic carboxylic acids is 1. The molecule has 0 fully saturated rings. The Balaban J connectivity index is 0. The third kappa shape index (κ3) is 4.07. The number of carboxylic acid groups (broad SMARTS) is 1. The summed E-state index contributed by atoms with van der Waals surface area (Å²) in [6, 6.07) is -0.845. The lowest BCUT2D eigenvalue weighted by Crippen LogP contribution is -2.32. The van der Waals surface area contributed by atoms with Crippen LogP contribution in [0.25, 0.3) is 0 Å². The van der Waals surface area contributed by atoms with E-state index < -0.39 is 12.0 Å². The highest BCUT2D eigenvalue weighted by Crippen LogP contribution is 2.07. The van der Waals surface area contributed by atoms with Crippen molar-refractivity contribution in [2.24, 2.45) is 12.8 Å². The van der Waals surface area contributed by atoms with Gasteiger partial charge in [0.05, 0.1) is 6.20 Å². The molecule has 0 saturated heterocycles. The second-order valence-corrected chi connectivity index (χ2v) is 3.03. The monoisotopic (exact) mass is 255 g/mol. The molecule has 88 valence electrons. The molecule has 0 amide bonds. The SMILES string of the molecule is Cc1c(CC(N)C(=O)O)cnn1C.Cl.Cl. The van der Waals surface area contributed by atoms with Crippen LogP contribution >= 0.6 is 24.8 Å². The van der Waals surface area contributed by atoms with Crippen molar-refractivity contribution in [2.45, 2.75) is 19.4 Å². The van der Waals surface area contributed by atoms with E-state index in [1.165, 1.54) is 0 Å². The molecule has 0 aliphatic carbocycles. The number of nitrogens with zero attached hydrogens (tertiary/aromatic N) is 2. The molecule has 1 rings (SSSR count). The third-order valence-electron chi connectivity index (χ3n) is 2.09. The number of hydrogen-bond acceptors (Lipinski definition) is 3. The normalized spacial score (nSPS) is 11.1. The predicted molar refractivity (Wildman–Crippen MR) is 61.8 cm³/mol. The van der Waals surface area contributed by atoms with Gasteiger partial charge in [0.15, 0.2) is 0 Å². The van der Waals surface area contributed by atoms with Gasteiger partial charge in [0.1, 0.15) is 6.04 Å². The summed E-state index contributed by atoms with van der Waals surface area (Å²) in [5, 5.41) is 12.6. The first-order chi connectivity index (χ1) is 6.02. The van der Waals surface area contributed by atoms with Crippen LogP contribution in [-0.4, -0.2) is 26.9 Å². The highest BCUT2D eigenvalue weighted by atomic mass is 35.5. The zero-order chi connectivity index (χ0) is 10.0. The summed E-state index contributed by atoms with van der Waals surface area (Å²) in [6.45, 7) is 1.89. The van der Waals surface area contributed by atoms with Crippen LogP contribution in [0.15, 0.2) is 6.20 Å². The largest absolute Gasteiger partial charge is 0.480 e. The van der Waals surface area contributed by atoms with E-state index in [-0.39, 0.29) is 24.8 Å². The predicted octanol–water partition coefficient (Wildman–Crippen LogP) is 0.527. The fraction of sp³-hybridized carbons (Fsp3) is 0.500. The molecule has 0 aliphatic heterocycles. The quantitative estimate of drug-likeness (QED) is 0.826. The Kier molecular flexibility index (Phi) is 7.39. The van der Waals surface area contributed by atoms with Gasteiger partial charge in [-0.15, -0.1) is 24.8 Å². The van der Waals surface area contributed by atoms with Gasteiger partial charge in [-0.05, 0) is 12.5 Å². The van der Waals surface area contributed by atoms with Gasteiger partial charge in [0, 0.05) is 19.2 Å². The molecule has 15 heavy (non-hydrogen) atoms. The molecule has 0 bridgehead atoms. The van der Waals surface area contributed by atoms with Crippen molar-refractivity contribution in [3.8, 4) is 0 Å². The third-order valence-corrected chi connectivity index (χ3v) is 2.09. The van der Waals surface area contributed by atoms with Crippen molar-refractivity contribution in [1.29, 1.82) is 0 Å². The summed E-state index contributed by atoms with van der Waals surface area (Å²) >= 11 is 0. The van der Waals surface area contributed by atoms with Crippen LogP contribution in [0.5, 0.6) is 0 Å². The zero-order valence-corrected chi connectivity index (χ0v) is 10.1. The molecule has 3 N–H and O–H groups in total. The number of halogens is 2. The van der Waals surface area contributed by atoms with E-state index in [2.05, 4.69) is 5.10 Å². The first-order valence-electron chi connectivity index (χ1n) is 3.98. The van der Waals surface area contributed by atoms with Gasteiger partial charge < -0.3 is 10.8 Å². The summed E-state index contributed by atoms with van der Waals surface area (Å²) in [5.41, 5.74) is 7.23. The van der Waals surface area contributed by atoms with E-state index in [9.17, 15) is 4.79 Å². The minimum absolute atomic E-state index is 0. The van der Waals surface area contributed by atoms with E-state index in [1.807, 2.05) is 14.0 Å². The Morgan fingerprint density at radius 3 is 2.53 bits per heavy atom. The van der Waals surface area contributed by atoms with Gasteiger partial charge in [-0.1, -0.05) is 0 Å². The minimum atomic E-state index is -0.983. The van der Waals surface area contributed by atoms with Gasteiger partial charge in [-0.25, -0.2) is 0 Å². The molecule has 1 aromatic heterocycles. The topological polar surface area (TPSA) is 81.1 Å². The smallest absolute Gasteiger partial charge is 0.320 e. The van der Waals surface area contributed by atoms with Crippen molar-refractivity contribution >= 4 is 30.8 Å². The first kappa shape index (κ1) is 16.6. The van der Waals surface area contributed by atoms with Gasteiger partial charge in [0.2, 0.25) is 0 Å². The number of nitrogens with two attached hydrogens (primary N) is 1. The maximum Gasteiger partial charge on any atom is 0.320 e. The molecule has 1 unspecified atom stereocenters. The lowest BCUT2D eigenvalue weighted by atomic mass is 10.1. The maximum atomic E-state index is 10.5. The van der Waals surface area contributed by atoms with Crippen molar-refractivity contribution in [2.75, 3.05) is 0 Å². The molecule has 0 aromatic carbocycles. The van der Waals surface area contributed by atoms with Gasteiger partial charge in [0.25, 0.3) is 0 Å². The fourth-order valence-electron chi connectivity index (χ4n) is 1.07. The summed E-state index contributed by atoms with van der Waals surface area (Å²) in [5.74, 6) is -0.983. The van der Waals surface area contributed by atoms with Gasteiger partial charge in [-0.3, -0.25) is 9.48 Å². The summed E-state index contributed by atoms with van der Waals surface area (Å²) in [7, 11) is 1.81. The van der Waals surface area contributed by atoms with Gasteiger partial charge in [-0.2, -0.15) is 5.10 Å². The van der Waals surface area contributed by atoms with Crippen LogP contribution in [0.2, 0.25) is 0 Å². The number of hydrogen-bond donors (Lipinski definition) is 2. The van der Waals surface area contributed by atoms with Crippen molar-refractivity contribution in [3.05, 3.63) is 17.5 Å². The Morgan fingerprint density at radius 1 is 1.67 bits per heavy atom.